The van der Waals surface area contributed by atoms with E-state index in [-0.39, 0.29) is 5.91 Å². The molecule has 0 spiro atoms. The molecule has 9 heteroatoms. The van der Waals surface area contributed by atoms with Crippen LogP contribution in [0.5, 0.6) is 0 Å². The summed E-state index contributed by atoms with van der Waals surface area (Å²) in [6, 6.07) is -0.582. The monoisotopic (exact) mass is 358 g/mol. The number of nitrogens with zero attached hydrogens (tertiary/aromatic N) is 3. The van der Waals surface area contributed by atoms with Crippen molar-refractivity contribution in [2.45, 2.75) is 38.3 Å². The van der Waals surface area contributed by atoms with Gasteiger partial charge in [-0.15, -0.1) is 11.3 Å². The van der Waals surface area contributed by atoms with Gasteiger partial charge in [0.15, 0.2) is 5.13 Å². The van der Waals surface area contributed by atoms with Crippen molar-refractivity contribution in [2.24, 2.45) is 0 Å². The molecule has 0 bridgehead atoms. The molecule has 2 aliphatic rings. The first-order valence-electron chi connectivity index (χ1n) is 7.89. The van der Waals surface area contributed by atoms with Crippen LogP contribution >= 0.6 is 11.3 Å². The average molecular weight is 358 g/mol. The zero-order valence-electron chi connectivity index (χ0n) is 13.2. The van der Waals surface area contributed by atoms with Crippen molar-refractivity contribution in [2.75, 3.05) is 30.8 Å². The second kappa shape index (κ2) is 6.74. The molecule has 1 aromatic heterocycles. The summed E-state index contributed by atoms with van der Waals surface area (Å²) in [5.41, 5.74) is 0.828. The van der Waals surface area contributed by atoms with Crippen molar-refractivity contribution in [3.8, 4) is 0 Å². The fraction of sp³-hybridized carbons (Fsp3) is 0.714. The number of carbonyl (C=O) groups is 1. The zero-order valence-corrected chi connectivity index (χ0v) is 14.8. The third-order valence-corrected chi connectivity index (χ3v) is 6.53. The fourth-order valence-corrected chi connectivity index (χ4v) is 5.13. The van der Waals surface area contributed by atoms with Gasteiger partial charge in [0.05, 0.1) is 18.5 Å². The third-order valence-electron chi connectivity index (χ3n) is 4.29. The van der Waals surface area contributed by atoms with Crippen molar-refractivity contribution in [3.63, 3.8) is 0 Å². The molecule has 1 atom stereocenters. The van der Waals surface area contributed by atoms with Gasteiger partial charge in [-0.1, -0.05) is 0 Å². The van der Waals surface area contributed by atoms with Gasteiger partial charge < -0.3 is 10.2 Å². The topological polar surface area (TPSA) is 82.6 Å². The van der Waals surface area contributed by atoms with E-state index in [0.717, 1.165) is 36.6 Å². The van der Waals surface area contributed by atoms with Gasteiger partial charge in [0.25, 0.3) is 0 Å². The van der Waals surface area contributed by atoms with E-state index in [9.17, 15) is 13.2 Å². The second-order valence-electron chi connectivity index (χ2n) is 6.07. The molecule has 3 heterocycles. The fourth-order valence-electron chi connectivity index (χ4n) is 3.13. The van der Waals surface area contributed by atoms with Gasteiger partial charge in [-0.25, -0.2) is 13.4 Å². The summed E-state index contributed by atoms with van der Waals surface area (Å²) in [6.07, 6.45) is 4.86. The second-order valence-corrected chi connectivity index (χ2v) is 8.84. The lowest BCUT2D eigenvalue weighted by Gasteiger charge is -2.21. The number of hydrogen-bond acceptors (Lipinski definition) is 6. The zero-order chi connectivity index (χ0) is 16.4. The Hall–Kier alpha value is -1.19. The number of carbonyl (C=O) groups excluding carboxylic acids is 1. The average Bonchev–Trinajstić information content (AvgIpc) is 3.22. The van der Waals surface area contributed by atoms with Gasteiger partial charge in [-0.3, -0.25) is 4.79 Å². The number of thiazole rings is 1. The molecule has 0 radical (unpaired) electrons. The number of amides is 1. The molecule has 2 saturated heterocycles. The largest absolute Gasteiger partial charge is 0.349 e. The lowest BCUT2D eigenvalue weighted by molar-refractivity contribution is -0.124. The molecule has 1 amide bonds. The van der Waals surface area contributed by atoms with Crippen LogP contribution in [0, 0.1) is 0 Å². The normalized spacial score (nSPS) is 22.7. The highest BCUT2D eigenvalue weighted by Crippen LogP contribution is 2.24. The van der Waals surface area contributed by atoms with Crippen LogP contribution in [0.3, 0.4) is 0 Å². The highest BCUT2D eigenvalue weighted by molar-refractivity contribution is 7.88. The molecule has 0 aliphatic carbocycles. The van der Waals surface area contributed by atoms with Gasteiger partial charge in [0.1, 0.15) is 6.04 Å². The van der Waals surface area contributed by atoms with E-state index in [4.69, 9.17) is 0 Å². The molecule has 0 saturated carbocycles. The standard InChI is InChI=1S/C14H22N4O3S2/c1-23(20,21)18-8-4-5-12(18)13(19)15-9-11-10-22-14(16-11)17-6-2-3-7-17/h10,12H,2-9H2,1H3,(H,15,19). The molecular formula is C14H22N4O3S2. The van der Waals surface area contributed by atoms with Crippen LogP contribution in [0.25, 0.3) is 0 Å². The van der Waals surface area contributed by atoms with Gasteiger partial charge >= 0.3 is 0 Å². The molecule has 0 aromatic carbocycles. The minimum atomic E-state index is -3.33. The van der Waals surface area contributed by atoms with E-state index in [2.05, 4.69) is 15.2 Å². The van der Waals surface area contributed by atoms with Crippen LogP contribution in [0.15, 0.2) is 5.38 Å². The Kier molecular flexibility index (Phi) is 4.88. The van der Waals surface area contributed by atoms with E-state index in [0.29, 0.717) is 19.5 Å². The van der Waals surface area contributed by atoms with E-state index >= 15 is 0 Å². The Morgan fingerprint density at radius 2 is 2.09 bits per heavy atom. The van der Waals surface area contributed by atoms with Crippen LogP contribution in [0.1, 0.15) is 31.4 Å². The molecular weight excluding hydrogens is 336 g/mol. The van der Waals surface area contributed by atoms with Gasteiger partial charge in [0, 0.05) is 25.0 Å². The SMILES string of the molecule is CS(=O)(=O)N1CCCC1C(=O)NCc1csc(N2CCCC2)n1. The summed E-state index contributed by atoms with van der Waals surface area (Å²) in [5.74, 6) is -0.233. The van der Waals surface area contributed by atoms with E-state index in [1.54, 1.807) is 11.3 Å². The maximum Gasteiger partial charge on any atom is 0.238 e. The maximum absolute atomic E-state index is 12.3. The Labute approximate surface area is 140 Å². The van der Waals surface area contributed by atoms with Crippen molar-refractivity contribution in [1.29, 1.82) is 0 Å². The smallest absolute Gasteiger partial charge is 0.238 e. The molecule has 7 nitrogen and oxygen atoms in total. The predicted octanol–water partition coefficient (Wildman–Crippen LogP) is 0.783. The maximum atomic E-state index is 12.3. The summed E-state index contributed by atoms with van der Waals surface area (Å²) >= 11 is 1.59. The Morgan fingerprint density at radius 1 is 1.35 bits per heavy atom. The number of anilines is 1. The van der Waals surface area contributed by atoms with Crippen molar-refractivity contribution in [3.05, 3.63) is 11.1 Å². The predicted molar refractivity (Wildman–Crippen MR) is 90.0 cm³/mol. The van der Waals surface area contributed by atoms with Crippen LogP contribution < -0.4 is 10.2 Å². The van der Waals surface area contributed by atoms with Crippen molar-refractivity contribution < 1.29 is 13.2 Å². The summed E-state index contributed by atoms with van der Waals surface area (Å²) in [6.45, 7) is 2.86. The number of rotatable bonds is 5. The summed E-state index contributed by atoms with van der Waals surface area (Å²) in [7, 11) is -3.33. The highest BCUT2D eigenvalue weighted by Gasteiger charge is 2.36. The molecule has 1 unspecified atom stereocenters. The molecule has 23 heavy (non-hydrogen) atoms. The molecule has 3 rings (SSSR count). The Bertz CT molecular complexity index is 667. The van der Waals surface area contributed by atoms with Gasteiger partial charge in [-0.05, 0) is 25.7 Å². The van der Waals surface area contributed by atoms with E-state index in [1.807, 2.05) is 5.38 Å². The van der Waals surface area contributed by atoms with E-state index < -0.39 is 16.1 Å². The third kappa shape index (κ3) is 3.84. The lowest BCUT2D eigenvalue weighted by atomic mass is 10.2. The summed E-state index contributed by atoms with van der Waals surface area (Å²) in [5, 5.41) is 5.79. The van der Waals surface area contributed by atoms with Crippen LogP contribution in [0.4, 0.5) is 5.13 Å². The summed E-state index contributed by atoms with van der Waals surface area (Å²) < 4.78 is 24.7. The van der Waals surface area contributed by atoms with E-state index in [1.165, 1.54) is 17.1 Å². The quantitative estimate of drug-likeness (QED) is 0.841. The van der Waals surface area contributed by atoms with Gasteiger partial charge in [-0.2, -0.15) is 4.31 Å². The van der Waals surface area contributed by atoms with Crippen molar-refractivity contribution >= 4 is 32.4 Å². The van der Waals surface area contributed by atoms with Crippen molar-refractivity contribution in [1.82, 2.24) is 14.6 Å². The lowest BCUT2D eigenvalue weighted by Crippen LogP contribution is -2.45. The minimum absolute atomic E-state index is 0.233. The summed E-state index contributed by atoms with van der Waals surface area (Å²) in [4.78, 5) is 19.1. The number of hydrogen-bond donors (Lipinski definition) is 1. The van der Waals surface area contributed by atoms with Gasteiger partial charge in [0.2, 0.25) is 15.9 Å². The first-order valence-corrected chi connectivity index (χ1v) is 10.6. The minimum Gasteiger partial charge on any atom is -0.349 e. The Morgan fingerprint density at radius 3 is 2.78 bits per heavy atom. The molecule has 128 valence electrons. The Balaban J connectivity index is 1.56. The van der Waals surface area contributed by atoms with Crippen LogP contribution in [-0.2, 0) is 21.4 Å². The highest BCUT2D eigenvalue weighted by atomic mass is 32.2. The first-order chi connectivity index (χ1) is 10.9. The number of sulfonamides is 1. The van der Waals surface area contributed by atoms with Crippen LogP contribution in [-0.4, -0.2) is 55.5 Å². The molecule has 1 N–H and O–H groups in total. The number of aromatic nitrogens is 1. The molecule has 1 aromatic rings. The number of nitrogens with one attached hydrogen (secondary N) is 1. The molecule has 2 aliphatic heterocycles. The first kappa shape index (κ1) is 16.7. The van der Waals surface area contributed by atoms with Crippen LogP contribution in [0.2, 0.25) is 0 Å². The molecule has 2 fully saturated rings.